The molecule has 3 rings (SSSR count). The van der Waals surface area contributed by atoms with Crippen molar-refractivity contribution >= 4 is 11.6 Å². The molecule has 3 aromatic rings. The molecule has 0 aliphatic carbocycles. The summed E-state index contributed by atoms with van der Waals surface area (Å²) in [7, 11) is 0. The molecule has 0 amide bonds. The van der Waals surface area contributed by atoms with Gasteiger partial charge in [0.2, 0.25) is 0 Å². The standard InChI is InChI=1S/C15H13ClN4/c1-10-7-11(2)19-15(18-10)20-9-12(8-17-20)13-5-3-4-6-14(13)16/h3-9H,1-2H3. The first-order valence-electron chi connectivity index (χ1n) is 6.26. The molecular formula is C15H13ClN4. The maximum Gasteiger partial charge on any atom is 0.250 e. The highest BCUT2D eigenvalue weighted by atomic mass is 35.5. The van der Waals surface area contributed by atoms with Gasteiger partial charge in [-0.1, -0.05) is 29.8 Å². The SMILES string of the molecule is Cc1cc(C)nc(-n2cc(-c3ccccc3Cl)cn2)n1. The number of aryl methyl sites for hydroxylation is 2. The Morgan fingerprint density at radius 1 is 1.05 bits per heavy atom. The van der Waals surface area contributed by atoms with E-state index in [4.69, 9.17) is 11.6 Å². The number of halogens is 1. The number of hydrogen-bond acceptors (Lipinski definition) is 3. The summed E-state index contributed by atoms with van der Waals surface area (Å²) in [4.78, 5) is 8.78. The molecule has 100 valence electrons. The van der Waals surface area contributed by atoms with Gasteiger partial charge in [-0.25, -0.2) is 14.6 Å². The maximum absolute atomic E-state index is 6.20. The van der Waals surface area contributed by atoms with E-state index in [-0.39, 0.29) is 0 Å². The Morgan fingerprint density at radius 2 is 1.75 bits per heavy atom. The van der Waals surface area contributed by atoms with Crippen molar-refractivity contribution in [2.45, 2.75) is 13.8 Å². The Bertz CT molecular complexity index is 744. The molecule has 0 aliphatic rings. The van der Waals surface area contributed by atoms with E-state index in [1.165, 1.54) is 0 Å². The lowest BCUT2D eigenvalue weighted by Crippen LogP contribution is -2.03. The molecule has 2 heterocycles. The first-order chi connectivity index (χ1) is 9.63. The van der Waals surface area contributed by atoms with Crippen LogP contribution in [0.5, 0.6) is 0 Å². The van der Waals surface area contributed by atoms with Crippen LogP contribution < -0.4 is 0 Å². The molecule has 1 aromatic carbocycles. The van der Waals surface area contributed by atoms with Crippen LogP contribution in [0.2, 0.25) is 5.02 Å². The molecule has 0 aliphatic heterocycles. The van der Waals surface area contributed by atoms with Crippen molar-refractivity contribution in [2.75, 3.05) is 0 Å². The van der Waals surface area contributed by atoms with Crippen LogP contribution in [0.3, 0.4) is 0 Å². The van der Waals surface area contributed by atoms with E-state index in [2.05, 4.69) is 15.1 Å². The summed E-state index contributed by atoms with van der Waals surface area (Å²) in [6.07, 6.45) is 3.65. The fourth-order valence-electron chi connectivity index (χ4n) is 2.08. The molecule has 0 N–H and O–H groups in total. The first kappa shape index (κ1) is 12.8. The molecule has 0 spiro atoms. The van der Waals surface area contributed by atoms with Crippen LogP contribution in [-0.2, 0) is 0 Å². The molecule has 0 saturated carbocycles. The molecule has 4 nitrogen and oxygen atoms in total. The molecule has 0 unspecified atom stereocenters. The minimum Gasteiger partial charge on any atom is -0.216 e. The Balaban J connectivity index is 2.04. The van der Waals surface area contributed by atoms with Crippen LogP contribution >= 0.6 is 11.6 Å². The molecule has 0 bridgehead atoms. The topological polar surface area (TPSA) is 43.6 Å². The van der Waals surface area contributed by atoms with E-state index in [0.29, 0.717) is 11.0 Å². The second-order valence-corrected chi connectivity index (χ2v) is 5.01. The Labute approximate surface area is 122 Å². The first-order valence-corrected chi connectivity index (χ1v) is 6.63. The van der Waals surface area contributed by atoms with Crippen LogP contribution in [0.1, 0.15) is 11.4 Å². The molecular weight excluding hydrogens is 272 g/mol. The minimum absolute atomic E-state index is 0.570. The lowest BCUT2D eigenvalue weighted by molar-refractivity contribution is 0.794. The molecule has 5 heteroatoms. The third-order valence-electron chi connectivity index (χ3n) is 2.94. The Morgan fingerprint density at radius 3 is 2.45 bits per heavy atom. The number of nitrogens with zero attached hydrogens (tertiary/aromatic N) is 4. The summed E-state index contributed by atoms with van der Waals surface area (Å²) in [6, 6.07) is 9.62. The van der Waals surface area contributed by atoms with Crippen LogP contribution in [0.25, 0.3) is 17.1 Å². The van der Waals surface area contributed by atoms with Gasteiger partial charge in [-0.15, -0.1) is 0 Å². The van der Waals surface area contributed by atoms with Crippen LogP contribution in [0, 0.1) is 13.8 Å². The predicted octanol–water partition coefficient (Wildman–Crippen LogP) is 3.60. The molecule has 0 atom stereocenters. The maximum atomic E-state index is 6.20. The van der Waals surface area contributed by atoms with E-state index in [1.807, 2.05) is 50.4 Å². The van der Waals surface area contributed by atoms with Gasteiger partial charge in [-0.3, -0.25) is 0 Å². The summed E-state index contributed by atoms with van der Waals surface area (Å²) in [5, 5.41) is 5.02. The summed E-state index contributed by atoms with van der Waals surface area (Å²) >= 11 is 6.20. The number of benzene rings is 1. The highest BCUT2D eigenvalue weighted by Crippen LogP contribution is 2.27. The van der Waals surface area contributed by atoms with E-state index in [9.17, 15) is 0 Å². The van der Waals surface area contributed by atoms with Crippen molar-refractivity contribution in [3.8, 4) is 17.1 Å². The van der Waals surface area contributed by atoms with Gasteiger partial charge in [-0.2, -0.15) is 5.10 Å². The van der Waals surface area contributed by atoms with Gasteiger partial charge in [0, 0.05) is 33.7 Å². The number of aromatic nitrogens is 4. The molecule has 0 radical (unpaired) electrons. The van der Waals surface area contributed by atoms with Crippen LogP contribution in [-0.4, -0.2) is 19.7 Å². The van der Waals surface area contributed by atoms with E-state index in [1.54, 1.807) is 10.9 Å². The fourth-order valence-corrected chi connectivity index (χ4v) is 2.32. The van der Waals surface area contributed by atoms with Crippen molar-refractivity contribution in [2.24, 2.45) is 0 Å². The third-order valence-corrected chi connectivity index (χ3v) is 3.27. The zero-order valence-electron chi connectivity index (χ0n) is 11.2. The normalized spacial score (nSPS) is 10.8. The van der Waals surface area contributed by atoms with Gasteiger partial charge in [-0.05, 0) is 26.0 Å². The summed E-state index contributed by atoms with van der Waals surface area (Å²) in [6.45, 7) is 3.88. The quantitative estimate of drug-likeness (QED) is 0.722. The highest BCUT2D eigenvalue weighted by Gasteiger charge is 2.08. The van der Waals surface area contributed by atoms with E-state index >= 15 is 0 Å². The average molecular weight is 285 g/mol. The van der Waals surface area contributed by atoms with Crippen molar-refractivity contribution in [3.63, 3.8) is 0 Å². The molecule has 2 aromatic heterocycles. The fraction of sp³-hybridized carbons (Fsp3) is 0.133. The summed E-state index contributed by atoms with van der Waals surface area (Å²) < 4.78 is 1.67. The monoisotopic (exact) mass is 284 g/mol. The average Bonchev–Trinajstić information content (AvgIpc) is 2.87. The highest BCUT2D eigenvalue weighted by molar-refractivity contribution is 6.33. The number of rotatable bonds is 2. The van der Waals surface area contributed by atoms with Gasteiger partial charge in [0.15, 0.2) is 0 Å². The van der Waals surface area contributed by atoms with Crippen molar-refractivity contribution < 1.29 is 0 Å². The molecule has 0 saturated heterocycles. The Hall–Kier alpha value is -2.20. The second-order valence-electron chi connectivity index (χ2n) is 4.60. The second kappa shape index (κ2) is 5.06. The van der Waals surface area contributed by atoms with Crippen LogP contribution in [0.4, 0.5) is 0 Å². The minimum atomic E-state index is 0.570. The Kier molecular flexibility index (Phi) is 3.24. The largest absolute Gasteiger partial charge is 0.250 e. The van der Waals surface area contributed by atoms with E-state index < -0.39 is 0 Å². The van der Waals surface area contributed by atoms with Gasteiger partial charge < -0.3 is 0 Å². The van der Waals surface area contributed by atoms with Gasteiger partial charge >= 0.3 is 0 Å². The van der Waals surface area contributed by atoms with Gasteiger partial charge in [0.05, 0.1) is 6.20 Å². The summed E-state index contributed by atoms with van der Waals surface area (Å²) in [5.41, 5.74) is 3.73. The van der Waals surface area contributed by atoms with Crippen molar-refractivity contribution in [3.05, 3.63) is 59.1 Å². The van der Waals surface area contributed by atoms with E-state index in [0.717, 1.165) is 22.5 Å². The van der Waals surface area contributed by atoms with Crippen molar-refractivity contribution in [1.29, 1.82) is 0 Å². The van der Waals surface area contributed by atoms with Gasteiger partial charge in [0.1, 0.15) is 0 Å². The van der Waals surface area contributed by atoms with Gasteiger partial charge in [0.25, 0.3) is 5.95 Å². The smallest absolute Gasteiger partial charge is 0.216 e. The lowest BCUT2D eigenvalue weighted by atomic mass is 10.1. The number of hydrogen-bond donors (Lipinski definition) is 0. The van der Waals surface area contributed by atoms with Crippen LogP contribution in [0.15, 0.2) is 42.7 Å². The van der Waals surface area contributed by atoms with Crippen molar-refractivity contribution in [1.82, 2.24) is 19.7 Å². The third kappa shape index (κ3) is 2.42. The zero-order chi connectivity index (χ0) is 14.1. The lowest BCUT2D eigenvalue weighted by Gasteiger charge is -2.02. The zero-order valence-corrected chi connectivity index (χ0v) is 12.0. The predicted molar refractivity (Wildman–Crippen MR) is 79.1 cm³/mol. The molecule has 0 fully saturated rings. The summed E-state index contributed by atoms with van der Waals surface area (Å²) in [5.74, 6) is 0.570. The molecule has 20 heavy (non-hydrogen) atoms.